The fourth-order valence-electron chi connectivity index (χ4n) is 2.05. The third-order valence-electron chi connectivity index (χ3n) is 3.22. The normalized spacial score (nSPS) is 14.2. The van der Waals surface area contributed by atoms with E-state index in [-0.39, 0.29) is 0 Å². The van der Waals surface area contributed by atoms with Crippen molar-refractivity contribution in [2.75, 3.05) is 7.11 Å². The van der Waals surface area contributed by atoms with E-state index in [2.05, 4.69) is 9.97 Å². The van der Waals surface area contributed by atoms with Gasteiger partial charge in [0, 0.05) is 24.6 Å². The molecule has 0 radical (unpaired) electrons. The van der Waals surface area contributed by atoms with E-state index in [1.165, 1.54) is 11.3 Å². The van der Waals surface area contributed by atoms with Gasteiger partial charge in [0.05, 0.1) is 17.8 Å². The van der Waals surface area contributed by atoms with E-state index < -0.39 is 5.97 Å². The van der Waals surface area contributed by atoms with E-state index >= 15 is 0 Å². The number of aromatic nitrogens is 2. The number of carbonyl (C=O) groups is 1. The number of carboxylic acids is 1. The van der Waals surface area contributed by atoms with E-state index in [1.807, 2.05) is 6.07 Å². The van der Waals surface area contributed by atoms with Crippen LogP contribution in [0.1, 0.15) is 44.7 Å². The summed E-state index contributed by atoms with van der Waals surface area (Å²) in [5.41, 5.74) is 1.76. The summed E-state index contributed by atoms with van der Waals surface area (Å²) in [6.07, 6.45) is 4.44. The van der Waals surface area contributed by atoms with Gasteiger partial charge in [0.1, 0.15) is 4.88 Å². The monoisotopic (exact) mass is 290 g/mol. The molecule has 0 spiro atoms. The largest absolute Gasteiger partial charge is 0.481 e. The third-order valence-corrected chi connectivity index (χ3v) is 4.28. The summed E-state index contributed by atoms with van der Waals surface area (Å²) in [6.45, 7) is 0. The lowest BCUT2D eigenvalue weighted by Crippen LogP contribution is -1.97. The minimum absolute atomic E-state index is 0.347. The van der Waals surface area contributed by atoms with Crippen molar-refractivity contribution < 1.29 is 14.6 Å². The zero-order chi connectivity index (χ0) is 14.1. The summed E-state index contributed by atoms with van der Waals surface area (Å²) in [4.78, 5) is 20.3. The molecule has 0 atom stereocenters. The Morgan fingerprint density at radius 1 is 1.50 bits per heavy atom. The number of nitrogens with zero attached hydrogens (tertiary/aromatic N) is 2. The van der Waals surface area contributed by atoms with Gasteiger partial charge < -0.3 is 9.84 Å². The highest BCUT2D eigenvalue weighted by atomic mass is 32.1. The Kier molecular flexibility index (Phi) is 3.40. The second-order valence-corrected chi connectivity index (χ2v) is 5.87. The topological polar surface area (TPSA) is 72.3 Å². The van der Waals surface area contributed by atoms with E-state index in [1.54, 1.807) is 19.4 Å². The van der Waals surface area contributed by atoms with Crippen LogP contribution in [0.5, 0.6) is 5.88 Å². The number of carboxylic acid groups (broad SMARTS) is 1. The number of aromatic carboxylic acids is 1. The van der Waals surface area contributed by atoms with Crippen LogP contribution < -0.4 is 4.74 Å². The molecule has 5 nitrogen and oxygen atoms in total. The van der Waals surface area contributed by atoms with Gasteiger partial charge in [-0.1, -0.05) is 6.07 Å². The molecule has 2 aromatic heterocycles. The highest BCUT2D eigenvalue weighted by Crippen LogP contribution is 2.42. The summed E-state index contributed by atoms with van der Waals surface area (Å²) in [7, 11) is 1.57. The first-order chi connectivity index (χ1) is 9.67. The van der Waals surface area contributed by atoms with Crippen LogP contribution in [-0.2, 0) is 6.42 Å². The highest BCUT2D eigenvalue weighted by Gasteiger charge is 2.31. The number of rotatable bonds is 5. The molecule has 1 fully saturated rings. The zero-order valence-electron chi connectivity index (χ0n) is 11.0. The van der Waals surface area contributed by atoms with Crippen molar-refractivity contribution in [3.05, 3.63) is 39.5 Å². The molecule has 6 heteroatoms. The van der Waals surface area contributed by atoms with Crippen LogP contribution in [0.3, 0.4) is 0 Å². The summed E-state index contributed by atoms with van der Waals surface area (Å²) in [5.74, 6) is 0.0429. The molecular weight excluding hydrogens is 276 g/mol. The summed E-state index contributed by atoms with van der Waals surface area (Å²) >= 11 is 1.27. The average molecular weight is 290 g/mol. The van der Waals surface area contributed by atoms with Gasteiger partial charge in [0.2, 0.25) is 5.88 Å². The number of hydrogen-bond acceptors (Lipinski definition) is 5. The fraction of sp³-hybridized carbons (Fsp3) is 0.357. The Hall–Kier alpha value is -1.95. The van der Waals surface area contributed by atoms with Crippen LogP contribution in [-0.4, -0.2) is 28.2 Å². The first-order valence-electron chi connectivity index (χ1n) is 6.39. The van der Waals surface area contributed by atoms with Crippen LogP contribution >= 0.6 is 11.3 Å². The highest BCUT2D eigenvalue weighted by molar-refractivity contribution is 7.13. The number of pyridine rings is 1. The van der Waals surface area contributed by atoms with Gasteiger partial charge >= 0.3 is 5.97 Å². The van der Waals surface area contributed by atoms with E-state index in [4.69, 9.17) is 4.74 Å². The van der Waals surface area contributed by atoms with Crippen LogP contribution in [0.25, 0.3) is 0 Å². The zero-order valence-corrected chi connectivity index (χ0v) is 11.8. The first kappa shape index (κ1) is 13.1. The first-order valence-corrected chi connectivity index (χ1v) is 7.21. The number of ether oxygens (including phenoxy) is 1. The minimum Gasteiger partial charge on any atom is -0.481 e. The molecule has 3 rings (SSSR count). The van der Waals surface area contributed by atoms with Gasteiger partial charge in [-0.15, -0.1) is 11.3 Å². The third kappa shape index (κ3) is 2.65. The smallest absolute Gasteiger partial charge is 0.347 e. The summed E-state index contributed by atoms with van der Waals surface area (Å²) in [6, 6.07) is 3.72. The predicted octanol–water partition coefficient (Wildman–Crippen LogP) is 2.71. The predicted molar refractivity (Wildman–Crippen MR) is 74.6 cm³/mol. The molecule has 2 aromatic rings. The molecule has 2 heterocycles. The van der Waals surface area contributed by atoms with Gasteiger partial charge in [0.25, 0.3) is 0 Å². The van der Waals surface area contributed by atoms with Crippen molar-refractivity contribution in [1.82, 2.24) is 9.97 Å². The molecule has 20 heavy (non-hydrogen) atoms. The van der Waals surface area contributed by atoms with Crippen LogP contribution in [0.2, 0.25) is 0 Å². The van der Waals surface area contributed by atoms with Gasteiger partial charge in [-0.3, -0.25) is 0 Å². The standard InChI is InChI=1S/C14H14N2O3S/c1-19-10-5-2-8(7-15-10)6-11-16-12(9-3-4-9)13(20-11)14(17)18/h2,5,7,9H,3-4,6H2,1H3,(H,17,18). The summed E-state index contributed by atoms with van der Waals surface area (Å²) in [5, 5.41) is 10.1. The van der Waals surface area contributed by atoms with Gasteiger partial charge in [-0.25, -0.2) is 14.8 Å². The van der Waals surface area contributed by atoms with Crippen molar-refractivity contribution in [3.63, 3.8) is 0 Å². The Bertz CT molecular complexity index is 632. The van der Waals surface area contributed by atoms with Crippen molar-refractivity contribution in [2.24, 2.45) is 0 Å². The summed E-state index contributed by atoms with van der Waals surface area (Å²) < 4.78 is 5.01. The molecule has 0 aliphatic heterocycles. The Balaban J connectivity index is 1.82. The molecule has 1 N–H and O–H groups in total. The lowest BCUT2D eigenvalue weighted by atomic mass is 10.2. The molecule has 0 unspecified atom stereocenters. The van der Waals surface area contributed by atoms with E-state index in [0.717, 1.165) is 29.1 Å². The molecule has 104 valence electrons. The molecule has 0 amide bonds. The Morgan fingerprint density at radius 2 is 2.30 bits per heavy atom. The second-order valence-electron chi connectivity index (χ2n) is 4.79. The molecule has 1 aliphatic carbocycles. The van der Waals surface area contributed by atoms with E-state index in [0.29, 0.717) is 23.1 Å². The Morgan fingerprint density at radius 3 is 2.85 bits per heavy atom. The maximum Gasteiger partial charge on any atom is 0.347 e. The Labute approximate surface area is 120 Å². The van der Waals surface area contributed by atoms with Crippen molar-refractivity contribution in [3.8, 4) is 5.88 Å². The van der Waals surface area contributed by atoms with Crippen LogP contribution in [0.4, 0.5) is 0 Å². The number of thiazole rings is 1. The lowest BCUT2D eigenvalue weighted by molar-refractivity contribution is 0.0700. The maximum atomic E-state index is 11.2. The van der Waals surface area contributed by atoms with Crippen molar-refractivity contribution in [1.29, 1.82) is 0 Å². The minimum atomic E-state index is -0.872. The van der Waals surface area contributed by atoms with Crippen LogP contribution in [0, 0.1) is 0 Å². The lowest BCUT2D eigenvalue weighted by Gasteiger charge is -2.00. The molecular formula is C14H14N2O3S. The van der Waals surface area contributed by atoms with Crippen molar-refractivity contribution >= 4 is 17.3 Å². The number of hydrogen-bond donors (Lipinski definition) is 1. The van der Waals surface area contributed by atoms with Gasteiger partial charge in [0.15, 0.2) is 0 Å². The maximum absolute atomic E-state index is 11.2. The van der Waals surface area contributed by atoms with Gasteiger partial charge in [-0.05, 0) is 18.4 Å². The molecule has 0 saturated heterocycles. The average Bonchev–Trinajstić information content (AvgIpc) is 3.21. The SMILES string of the molecule is COc1ccc(Cc2nc(C3CC3)c(C(=O)O)s2)cn1. The molecule has 0 aromatic carbocycles. The van der Waals surface area contributed by atoms with E-state index in [9.17, 15) is 9.90 Å². The second kappa shape index (κ2) is 5.20. The van der Waals surface area contributed by atoms with Crippen molar-refractivity contribution in [2.45, 2.75) is 25.2 Å². The fourth-order valence-corrected chi connectivity index (χ4v) is 3.07. The van der Waals surface area contributed by atoms with Gasteiger partial charge in [-0.2, -0.15) is 0 Å². The molecule has 1 saturated carbocycles. The molecule has 1 aliphatic rings. The quantitative estimate of drug-likeness (QED) is 0.916. The number of methoxy groups -OCH3 is 1. The van der Waals surface area contributed by atoms with Crippen LogP contribution in [0.15, 0.2) is 18.3 Å². The molecule has 0 bridgehead atoms.